The van der Waals surface area contributed by atoms with Crippen LogP contribution < -0.4 is 0 Å². The van der Waals surface area contributed by atoms with E-state index in [0.29, 0.717) is 11.8 Å². The lowest BCUT2D eigenvalue weighted by atomic mass is 9.94. The summed E-state index contributed by atoms with van der Waals surface area (Å²) in [7, 11) is 0. The second-order valence-electron chi connectivity index (χ2n) is 4.32. The molecule has 0 aliphatic carbocycles. The van der Waals surface area contributed by atoms with Gasteiger partial charge in [-0.25, -0.2) is 0 Å². The molecule has 78 valence electrons. The molecule has 0 radical (unpaired) electrons. The molecule has 1 fully saturated rings. The van der Waals surface area contributed by atoms with Crippen LogP contribution in [0, 0.1) is 0 Å². The van der Waals surface area contributed by atoms with Crippen molar-refractivity contribution in [2.45, 2.75) is 45.1 Å². The van der Waals surface area contributed by atoms with Gasteiger partial charge in [-0.2, -0.15) is 0 Å². The molecule has 1 saturated heterocycles. The van der Waals surface area contributed by atoms with E-state index in [4.69, 9.17) is 0 Å². The van der Waals surface area contributed by atoms with Gasteiger partial charge < -0.3 is 0 Å². The Morgan fingerprint density at radius 3 is 3.21 bits per heavy atom. The average molecular weight is 193 g/mol. The Morgan fingerprint density at radius 2 is 2.43 bits per heavy atom. The smallest absolute Gasteiger partial charge is 0.160 e. The highest BCUT2D eigenvalue weighted by atomic mass is 16.1. The summed E-state index contributed by atoms with van der Waals surface area (Å²) >= 11 is 0. The fourth-order valence-electron chi connectivity index (χ4n) is 2.64. The summed E-state index contributed by atoms with van der Waals surface area (Å²) in [6.45, 7) is 4.43. The number of rotatable bonds is 3. The van der Waals surface area contributed by atoms with E-state index in [1.54, 1.807) is 0 Å². The van der Waals surface area contributed by atoms with Crippen LogP contribution in [0.25, 0.3) is 0 Å². The van der Waals surface area contributed by atoms with Gasteiger partial charge in [0.25, 0.3) is 0 Å². The molecule has 2 rings (SSSR count). The lowest BCUT2D eigenvalue weighted by Gasteiger charge is -2.29. The largest absolute Gasteiger partial charge is 0.296 e. The van der Waals surface area contributed by atoms with Crippen molar-refractivity contribution in [3.63, 3.8) is 0 Å². The molecule has 2 heterocycles. The van der Waals surface area contributed by atoms with Gasteiger partial charge in [0.2, 0.25) is 0 Å². The molecular weight excluding hydrogens is 174 g/mol. The monoisotopic (exact) mass is 193 g/mol. The molecule has 0 aromatic rings. The third-order valence-electron chi connectivity index (χ3n) is 3.30. The Morgan fingerprint density at radius 1 is 1.57 bits per heavy atom. The number of carbonyl (C=O) groups excluding carboxylic acids is 1. The van der Waals surface area contributed by atoms with Crippen LogP contribution in [0.15, 0.2) is 11.6 Å². The third-order valence-corrected chi connectivity index (χ3v) is 3.30. The molecule has 2 aliphatic rings. The molecule has 0 aromatic heterocycles. The van der Waals surface area contributed by atoms with Gasteiger partial charge in [0.1, 0.15) is 0 Å². The zero-order chi connectivity index (χ0) is 9.97. The van der Waals surface area contributed by atoms with Crippen LogP contribution in [-0.4, -0.2) is 29.8 Å². The number of fused-ring (bicyclic) bond motifs is 1. The van der Waals surface area contributed by atoms with E-state index >= 15 is 0 Å². The third kappa shape index (κ3) is 1.76. The molecule has 0 N–H and O–H groups in total. The quantitative estimate of drug-likeness (QED) is 0.684. The molecule has 0 spiro atoms. The molecule has 0 aromatic carbocycles. The van der Waals surface area contributed by atoms with Crippen LogP contribution >= 0.6 is 0 Å². The van der Waals surface area contributed by atoms with Crippen molar-refractivity contribution in [2.75, 3.05) is 13.1 Å². The van der Waals surface area contributed by atoms with Crippen LogP contribution in [0.3, 0.4) is 0 Å². The van der Waals surface area contributed by atoms with Gasteiger partial charge in [0.15, 0.2) is 5.78 Å². The first-order chi connectivity index (χ1) is 6.83. The number of ketones is 1. The van der Waals surface area contributed by atoms with Gasteiger partial charge in [-0.05, 0) is 32.2 Å². The van der Waals surface area contributed by atoms with Gasteiger partial charge >= 0.3 is 0 Å². The Labute approximate surface area is 86.0 Å². The predicted molar refractivity (Wildman–Crippen MR) is 57.2 cm³/mol. The van der Waals surface area contributed by atoms with Crippen molar-refractivity contribution >= 4 is 5.78 Å². The fraction of sp³-hybridized carbons (Fsp3) is 0.750. The summed E-state index contributed by atoms with van der Waals surface area (Å²) < 4.78 is 0. The maximum absolute atomic E-state index is 11.8. The molecule has 0 amide bonds. The molecule has 1 unspecified atom stereocenters. The summed E-state index contributed by atoms with van der Waals surface area (Å²) in [5.74, 6) is 0.393. The van der Waals surface area contributed by atoms with Crippen LogP contribution in [0.4, 0.5) is 0 Å². The van der Waals surface area contributed by atoms with E-state index in [2.05, 4.69) is 17.9 Å². The van der Waals surface area contributed by atoms with E-state index in [1.165, 1.54) is 19.4 Å². The Balaban J connectivity index is 2.09. The van der Waals surface area contributed by atoms with Gasteiger partial charge in [-0.1, -0.05) is 13.0 Å². The SMILES string of the molecule is CCCC(=O)C1=CCCN2CCCC12. The van der Waals surface area contributed by atoms with Crippen molar-refractivity contribution in [3.05, 3.63) is 11.6 Å². The van der Waals surface area contributed by atoms with Crippen molar-refractivity contribution in [3.8, 4) is 0 Å². The highest BCUT2D eigenvalue weighted by Crippen LogP contribution is 2.28. The van der Waals surface area contributed by atoms with Gasteiger partial charge in [-0.15, -0.1) is 0 Å². The first-order valence-corrected chi connectivity index (χ1v) is 5.80. The number of hydrogen-bond acceptors (Lipinski definition) is 2. The standard InChI is InChI=1S/C12H19NO/c1-2-5-12(14)10-6-3-8-13-9-4-7-11(10)13/h6,11H,2-5,7-9H2,1H3. The second-order valence-corrected chi connectivity index (χ2v) is 4.32. The minimum atomic E-state index is 0.393. The summed E-state index contributed by atoms with van der Waals surface area (Å²) in [6, 6.07) is 0.475. The lowest BCUT2D eigenvalue weighted by Crippen LogP contribution is -2.37. The van der Waals surface area contributed by atoms with Crippen LogP contribution in [0.1, 0.15) is 39.0 Å². The zero-order valence-corrected chi connectivity index (χ0v) is 8.96. The molecule has 1 atom stereocenters. The van der Waals surface area contributed by atoms with E-state index in [1.807, 2.05) is 0 Å². The summed E-state index contributed by atoms with van der Waals surface area (Å²) in [5, 5.41) is 0. The number of carbonyl (C=O) groups is 1. The highest BCUT2D eigenvalue weighted by molar-refractivity contribution is 5.96. The van der Waals surface area contributed by atoms with Gasteiger partial charge in [-0.3, -0.25) is 9.69 Å². The summed E-state index contributed by atoms with van der Waals surface area (Å²) in [6.07, 6.45) is 7.42. The predicted octanol–water partition coefficient (Wildman–Crippen LogP) is 2.15. The van der Waals surface area contributed by atoms with Crippen molar-refractivity contribution in [1.29, 1.82) is 0 Å². The van der Waals surface area contributed by atoms with Gasteiger partial charge in [0, 0.05) is 24.6 Å². The molecule has 0 bridgehead atoms. The Kier molecular flexibility index (Phi) is 3.02. The maximum Gasteiger partial charge on any atom is 0.160 e. The summed E-state index contributed by atoms with van der Waals surface area (Å²) in [4.78, 5) is 14.3. The minimum Gasteiger partial charge on any atom is -0.296 e. The first kappa shape index (κ1) is 9.91. The molecular formula is C12H19NO. The van der Waals surface area contributed by atoms with Crippen LogP contribution in [-0.2, 0) is 4.79 Å². The van der Waals surface area contributed by atoms with Crippen molar-refractivity contribution in [1.82, 2.24) is 4.90 Å². The lowest BCUT2D eigenvalue weighted by molar-refractivity contribution is -0.116. The number of nitrogens with zero attached hydrogens (tertiary/aromatic N) is 1. The molecule has 0 saturated carbocycles. The molecule has 2 heteroatoms. The van der Waals surface area contributed by atoms with Crippen LogP contribution in [0.2, 0.25) is 0 Å². The first-order valence-electron chi connectivity index (χ1n) is 5.80. The zero-order valence-electron chi connectivity index (χ0n) is 8.96. The average Bonchev–Trinajstić information content (AvgIpc) is 2.65. The van der Waals surface area contributed by atoms with Crippen molar-refractivity contribution < 1.29 is 4.79 Å². The maximum atomic E-state index is 11.8. The van der Waals surface area contributed by atoms with E-state index in [0.717, 1.165) is 31.4 Å². The Bertz CT molecular complexity index is 257. The minimum absolute atomic E-state index is 0.393. The Hall–Kier alpha value is -0.630. The van der Waals surface area contributed by atoms with Crippen molar-refractivity contribution in [2.24, 2.45) is 0 Å². The number of Topliss-reactive ketones (excluding diaryl/α,β-unsaturated/α-hetero) is 1. The molecule has 2 nitrogen and oxygen atoms in total. The van der Waals surface area contributed by atoms with E-state index in [-0.39, 0.29) is 0 Å². The summed E-state index contributed by atoms with van der Waals surface area (Å²) in [5.41, 5.74) is 1.12. The topological polar surface area (TPSA) is 20.3 Å². The van der Waals surface area contributed by atoms with Gasteiger partial charge in [0.05, 0.1) is 0 Å². The van der Waals surface area contributed by atoms with E-state index in [9.17, 15) is 4.79 Å². The highest BCUT2D eigenvalue weighted by Gasteiger charge is 2.32. The molecule has 2 aliphatic heterocycles. The van der Waals surface area contributed by atoms with E-state index < -0.39 is 0 Å². The fourth-order valence-corrected chi connectivity index (χ4v) is 2.64. The second kappa shape index (κ2) is 4.26. The number of hydrogen-bond donors (Lipinski definition) is 0. The molecule has 14 heavy (non-hydrogen) atoms. The van der Waals surface area contributed by atoms with Crippen LogP contribution in [0.5, 0.6) is 0 Å². The normalized spacial score (nSPS) is 27.2.